The van der Waals surface area contributed by atoms with Crippen LogP contribution in [-0.4, -0.2) is 36.3 Å². The average Bonchev–Trinajstić information content (AvgIpc) is 2.13. The van der Waals surface area contributed by atoms with E-state index in [4.69, 9.17) is 11.5 Å². The van der Waals surface area contributed by atoms with E-state index in [0.717, 1.165) is 0 Å². The van der Waals surface area contributed by atoms with Gasteiger partial charge in [-0.05, 0) is 5.92 Å². The van der Waals surface area contributed by atoms with Gasteiger partial charge in [-0.15, -0.1) is 0 Å². The summed E-state index contributed by atoms with van der Waals surface area (Å²) in [6.45, 7) is 6.50. The Kier molecular flexibility index (Phi) is 5.93. The Labute approximate surface area is 90.8 Å². The van der Waals surface area contributed by atoms with Gasteiger partial charge in [0, 0.05) is 19.0 Å². The van der Waals surface area contributed by atoms with Crippen LogP contribution in [0.5, 0.6) is 0 Å². The van der Waals surface area contributed by atoms with Crippen LogP contribution in [0.4, 0.5) is 0 Å². The monoisotopic (exact) mass is 215 g/mol. The number of nitrogens with zero attached hydrogens (tertiary/aromatic N) is 1. The topological polar surface area (TPSA) is 89.4 Å². The summed E-state index contributed by atoms with van der Waals surface area (Å²) in [7, 11) is 0. The van der Waals surface area contributed by atoms with E-state index < -0.39 is 5.91 Å². The van der Waals surface area contributed by atoms with Crippen LogP contribution < -0.4 is 11.5 Å². The first-order valence-corrected chi connectivity index (χ1v) is 5.15. The standard InChI is InChI=1S/C10H21N3O2/c1-7(2)5-13(6-9(12)14)10(15)8(3)4-11/h7-8H,4-6,11H2,1-3H3,(H2,12,14). The van der Waals surface area contributed by atoms with Gasteiger partial charge in [0.15, 0.2) is 0 Å². The molecule has 5 heteroatoms. The highest BCUT2D eigenvalue weighted by molar-refractivity contribution is 5.85. The highest BCUT2D eigenvalue weighted by Gasteiger charge is 2.21. The van der Waals surface area contributed by atoms with Crippen LogP contribution in [-0.2, 0) is 9.59 Å². The molecule has 0 rings (SSSR count). The quantitative estimate of drug-likeness (QED) is 0.629. The molecule has 88 valence electrons. The van der Waals surface area contributed by atoms with Crippen LogP contribution >= 0.6 is 0 Å². The molecule has 0 aliphatic carbocycles. The second kappa shape index (κ2) is 6.40. The van der Waals surface area contributed by atoms with Crippen molar-refractivity contribution in [3.63, 3.8) is 0 Å². The van der Waals surface area contributed by atoms with Gasteiger partial charge in [-0.1, -0.05) is 20.8 Å². The van der Waals surface area contributed by atoms with Gasteiger partial charge in [-0.2, -0.15) is 0 Å². The molecule has 2 amide bonds. The van der Waals surface area contributed by atoms with E-state index in [9.17, 15) is 9.59 Å². The molecule has 0 bridgehead atoms. The van der Waals surface area contributed by atoms with Crippen LogP contribution in [0.2, 0.25) is 0 Å². The SMILES string of the molecule is CC(C)CN(CC(N)=O)C(=O)C(C)CN. The maximum absolute atomic E-state index is 11.8. The Hall–Kier alpha value is -1.10. The van der Waals surface area contributed by atoms with E-state index in [2.05, 4.69) is 0 Å². The van der Waals surface area contributed by atoms with Gasteiger partial charge in [0.1, 0.15) is 0 Å². The number of hydrogen-bond donors (Lipinski definition) is 2. The first kappa shape index (κ1) is 13.9. The van der Waals surface area contributed by atoms with Crippen LogP contribution in [0.3, 0.4) is 0 Å². The molecule has 15 heavy (non-hydrogen) atoms. The normalized spacial score (nSPS) is 12.6. The smallest absolute Gasteiger partial charge is 0.237 e. The van der Waals surface area contributed by atoms with Gasteiger partial charge in [0.25, 0.3) is 0 Å². The highest BCUT2D eigenvalue weighted by atomic mass is 16.2. The fourth-order valence-electron chi connectivity index (χ4n) is 1.27. The van der Waals surface area contributed by atoms with Crippen molar-refractivity contribution < 1.29 is 9.59 Å². The molecule has 0 fully saturated rings. The third kappa shape index (κ3) is 5.37. The second-order valence-electron chi connectivity index (χ2n) is 4.22. The summed E-state index contributed by atoms with van der Waals surface area (Å²) >= 11 is 0. The summed E-state index contributed by atoms with van der Waals surface area (Å²) in [5.41, 5.74) is 10.5. The third-order valence-electron chi connectivity index (χ3n) is 2.02. The zero-order valence-corrected chi connectivity index (χ0v) is 9.69. The maximum Gasteiger partial charge on any atom is 0.237 e. The number of carbonyl (C=O) groups excluding carboxylic acids is 2. The molecule has 0 saturated carbocycles. The summed E-state index contributed by atoms with van der Waals surface area (Å²) < 4.78 is 0. The first-order chi connectivity index (χ1) is 6.88. The number of amides is 2. The van der Waals surface area contributed by atoms with E-state index in [1.807, 2.05) is 13.8 Å². The molecular weight excluding hydrogens is 194 g/mol. The molecule has 4 N–H and O–H groups in total. The largest absolute Gasteiger partial charge is 0.368 e. The van der Waals surface area contributed by atoms with Crippen LogP contribution in [0, 0.1) is 11.8 Å². The Morgan fingerprint density at radius 3 is 2.13 bits per heavy atom. The molecule has 0 aliphatic rings. The molecule has 0 heterocycles. The van der Waals surface area contributed by atoms with Crippen molar-refractivity contribution in [2.45, 2.75) is 20.8 Å². The molecule has 0 aliphatic heterocycles. The molecule has 0 spiro atoms. The van der Waals surface area contributed by atoms with Gasteiger partial charge < -0.3 is 16.4 Å². The van der Waals surface area contributed by atoms with E-state index in [0.29, 0.717) is 12.5 Å². The first-order valence-electron chi connectivity index (χ1n) is 5.15. The molecule has 1 unspecified atom stereocenters. The Morgan fingerprint density at radius 1 is 1.27 bits per heavy atom. The van der Waals surface area contributed by atoms with Crippen LogP contribution in [0.15, 0.2) is 0 Å². The van der Waals surface area contributed by atoms with Crippen molar-refractivity contribution >= 4 is 11.8 Å². The lowest BCUT2D eigenvalue weighted by Gasteiger charge is -2.25. The van der Waals surface area contributed by atoms with Gasteiger partial charge in [0.2, 0.25) is 11.8 Å². The van der Waals surface area contributed by atoms with E-state index in [1.165, 1.54) is 4.90 Å². The predicted octanol–water partition coefficient (Wildman–Crippen LogP) is -0.449. The van der Waals surface area contributed by atoms with Gasteiger partial charge in [-0.3, -0.25) is 9.59 Å². The minimum Gasteiger partial charge on any atom is -0.368 e. The van der Waals surface area contributed by atoms with Gasteiger partial charge in [-0.25, -0.2) is 0 Å². The van der Waals surface area contributed by atoms with E-state index >= 15 is 0 Å². The number of nitrogens with two attached hydrogens (primary N) is 2. The van der Waals surface area contributed by atoms with Crippen molar-refractivity contribution in [1.82, 2.24) is 4.90 Å². The number of rotatable bonds is 6. The van der Waals surface area contributed by atoms with Gasteiger partial charge >= 0.3 is 0 Å². The average molecular weight is 215 g/mol. The lowest BCUT2D eigenvalue weighted by molar-refractivity contribution is -0.138. The van der Waals surface area contributed by atoms with E-state index in [-0.39, 0.29) is 24.9 Å². The fraction of sp³-hybridized carbons (Fsp3) is 0.800. The second-order valence-corrected chi connectivity index (χ2v) is 4.22. The Bertz CT molecular complexity index is 229. The van der Waals surface area contributed by atoms with Crippen LogP contribution in [0.1, 0.15) is 20.8 Å². The zero-order chi connectivity index (χ0) is 12.0. The number of primary amides is 1. The summed E-state index contributed by atoms with van der Waals surface area (Å²) in [6, 6.07) is 0. The number of hydrogen-bond acceptors (Lipinski definition) is 3. The Morgan fingerprint density at radius 2 is 1.80 bits per heavy atom. The minimum absolute atomic E-state index is 0.0264. The maximum atomic E-state index is 11.8. The van der Waals surface area contributed by atoms with Gasteiger partial charge in [0.05, 0.1) is 6.54 Å². The molecular formula is C10H21N3O2. The molecule has 0 aromatic rings. The van der Waals surface area contributed by atoms with Crippen molar-refractivity contribution in [3.05, 3.63) is 0 Å². The van der Waals surface area contributed by atoms with Crippen molar-refractivity contribution in [1.29, 1.82) is 0 Å². The molecule has 0 aromatic heterocycles. The zero-order valence-electron chi connectivity index (χ0n) is 9.69. The molecule has 1 atom stereocenters. The predicted molar refractivity (Wildman–Crippen MR) is 58.8 cm³/mol. The molecule has 0 radical (unpaired) electrons. The number of carbonyl (C=O) groups is 2. The van der Waals surface area contributed by atoms with Crippen molar-refractivity contribution in [2.24, 2.45) is 23.3 Å². The minimum atomic E-state index is -0.492. The van der Waals surface area contributed by atoms with E-state index in [1.54, 1.807) is 6.92 Å². The third-order valence-corrected chi connectivity index (χ3v) is 2.02. The summed E-state index contributed by atoms with van der Waals surface area (Å²) in [5, 5.41) is 0. The fourth-order valence-corrected chi connectivity index (χ4v) is 1.27. The molecule has 0 saturated heterocycles. The highest BCUT2D eigenvalue weighted by Crippen LogP contribution is 2.04. The Balaban J connectivity index is 4.47. The molecule has 0 aromatic carbocycles. The summed E-state index contributed by atoms with van der Waals surface area (Å²) in [6.07, 6.45) is 0. The lowest BCUT2D eigenvalue weighted by Crippen LogP contribution is -2.44. The lowest BCUT2D eigenvalue weighted by atomic mass is 10.1. The summed E-state index contributed by atoms with van der Waals surface area (Å²) in [4.78, 5) is 24.1. The van der Waals surface area contributed by atoms with Crippen molar-refractivity contribution in [3.8, 4) is 0 Å². The van der Waals surface area contributed by atoms with Crippen molar-refractivity contribution in [2.75, 3.05) is 19.6 Å². The molecule has 5 nitrogen and oxygen atoms in total. The van der Waals surface area contributed by atoms with Crippen LogP contribution in [0.25, 0.3) is 0 Å². The summed E-state index contributed by atoms with van der Waals surface area (Å²) in [5.74, 6) is -0.556.